The Bertz CT molecular complexity index is 676. The second-order valence-electron chi connectivity index (χ2n) is 9.41. The molecule has 0 aromatic carbocycles. The van der Waals surface area contributed by atoms with Crippen molar-refractivity contribution < 1.29 is 65.8 Å². The third-order valence-corrected chi connectivity index (χ3v) is 6.02. The third-order valence-electron chi connectivity index (χ3n) is 6.02. The van der Waals surface area contributed by atoms with Crippen molar-refractivity contribution in [2.24, 2.45) is 5.92 Å². The van der Waals surface area contributed by atoms with Crippen LogP contribution in [0.5, 0.6) is 0 Å². The van der Waals surface area contributed by atoms with Crippen LogP contribution in [0.25, 0.3) is 0 Å². The Balaban J connectivity index is 4.34. The lowest BCUT2D eigenvalue weighted by atomic mass is 10.0. The van der Waals surface area contributed by atoms with E-state index >= 15 is 0 Å². The van der Waals surface area contributed by atoms with E-state index in [1.807, 2.05) is 5.32 Å². The Labute approximate surface area is 220 Å². The first-order valence-electron chi connectivity index (χ1n) is 12.3. The van der Waals surface area contributed by atoms with Crippen LogP contribution in [0.1, 0.15) is 39.5 Å². The zero-order valence-corrected chi connectivity index (χ0v) is 21.5. The smallest absolute Gasteiger partial charge is 0.222 e. The molecular formula is C22H45N3O13. The highest BCUT2D eigenvalue weighted by Gasteiger charge is 2.31. The summed E-state index contributed by atoms with van der Waals surface area (Å²) in [6.45, 7) is 1.25. The van der Waals surface area contributed by atoms with Gasteiger partial charge in [0.05, 0.1) is 19.3 Å². The molecule has 0 aromatic heterocycles. The lowest BCUT2D eigenvalue weighted by molar-refractivity contribution is -0.139. The normalized spacial score (nSPS) is 20.7. The Kier molecular flexibility index (Phi) is 17.9. The number of amides is 2. The number of carbonyl (C=O) groups excluding carboxylic acids is 2. The highest BCUT2D eigenvalue weighted by molar-refractivity contribution is 5.76. The second kappa shape index (κ2) is 18.7. The molecule has 16 heteroatoms. The summed E-state index contributed by atoms with van der Waals surface area (Å²) in [6, 6.07) is -0.347. The molecule has 0 fully saturated rings. The van der Waals surface area contributed by atoms with Crippen molar-refractivity contribution in [1.82, 2.24) is 16.0 Å². The van der Waals surface area contributed by atoms with Crippen LogP contribution in [-0.2, 0) is 9.59 Å². The van der Waals surface area contributed by atoms with Crippen molar-refractivity contribution in [3.8, 4) is 0 Å². The van der Waals surface area contributed by atoms with Crippen LogP contribution in [0.3, 0.4) is 0 Å². The molecule has 0 aromatic rings. The molecule has 0 saturated heterocycles. The minimum Gasteiger partial charge on any atom is -0.394 e. The van der Waals surface area contributed by atoms with Gasteiger partial charge >= 0.3 is 0 Å². The highest BCUT2D eigenvalue weighted by Crippen LogP contribution is 2.12. The van der Waals surface area contributed by atoms with Gasteiger partial charge in [-0.3, -0.25) is 14.9 Å². The van der Waals surface area contributed by atoms with Crippen LogP contribution in [0.2, 0.25) is 0 Å². The molecule has 38 heavy (non-hydrogen) atoms. The zero-order valence-electron chi connectivity index (χ0n) is 21.5. The summed E-state index contributed by atoms with van der Waals surface area (Å²) < 4.78 is 0. The standard InChI is InChI=1S/C22H45N3O13/c1-10(3-5-16(32)25-22(38)20(36)19(35)14(30)9-27)21(37)24-11(2)4-6-15(31)23-7-12(28)17(33)18(34)13(29)8-26/h10-14,17-22,24,26-30,33-38H,3-9H2,1-2H3,(H,23,31)(H,25,32)/t10-,11+,12-,13+,14-,17+,18+,19-,20+,21+,22+/m0/s1. The average molecular weight is 560 g/mol. The van der Waals surface area contributed by atoms with Crippen molar-refractivity contribution in [3.63, 3.8) is 0 Å². The molecule has 2 amide bonds. The zero-order chi connectivity index (χ0) is 29.6. The third kappa shape index (κ3) is 13.5. The summed E-state index contributed by atoms with van der Waals surface area (Å²) in [7, 11) is 0. The summed E-state index contributed by atoms with van der Waals surface area (Å²) in [4.78, 5) is 24.0. The molecule has 0 aliphatic heterocycles. The van der Waals surface area contributed by atoms with Crippen molar-refractivity contribution >= 4 is 11.8 Å². The van der Waals surface area contributed by atoms with Gasteiger partial charge in [0.1, 0.15) is 42.9 Å². The molecule has 0 saturated carbocycles. The van der Waals surface area contributed by atoms with Gasteiger partial charge < -0.3 is 66.8 Å². The van der Waals surface area contributed by atoms with E-state index < -0.39 is 92.7 Å². The Morgan fingerprint density at radius 1 is 0.632 bits per heavy atom. The van der Waals surface area contributed by atoms with Gasteiger partial charge in [0, 0.05) is 25.4 Å². The van der Waals surface area contributed by atoms with Crippen molar-refractivity contribution in [2.75, 3.05) is 19.8 Å². The largest absolute Gasteiger partial charge is 0.394 e. The van der Waals surface area contributed by atoms with Gasteiger partial charge in [-0.2, -0.15) is 0 Å². The first kappa shape index (κ1) is 36.5. The van der Waals surface area contributed by atoms with Gasteiger partial charge in [0.25, 0.3) is 0 Å². The SMILES string of the molecule is C[C@H](CCC(=O)NC[C@H](O)[C@@H](O)[C@H](O)[C@H](O)CO)N[C@H](O)[C@@H](C)CCC(=O)N[C@H](O)[C@H](O)[C@@H](O)[C@@H](O)CO. The predicted molar refractivity (Wildman–Crippen MR) is 130 cm³/mol. The van der Waals surface area contributed by atoms with Gasteiger partial charge in [0.2, 0.25) is 11.8 Å². The monoisotopic (exact) mass is 559 g/mol. The van der Waals surface area contributed by atoms with Gasteiger partial charge in [0.15, 0.2) is 6.23 Å². The number of aliphatic hydroxyl groups excluding tert-OH is 11. The predicted octanol–water partition coefficient (Wildman–Crippen LogP) is -6.46. The molecule has 0 bridgehead atoms. The molecule has 0 aliphatic rings. The van der Waals surface area contributed by atoms with E-state index in [-0.39, 0.29) is 31.7 Å². The van der Waals surface area contributed by atoms with Crippen LogP contribution in [0.15, 0.2) is 0 Å². The van der Waals surface area contributed by atoms with Gasteiger partial charge in [-0.05, 0) is 25.7 Å². The van der Waals surface area contributed by atoms with E-state index in [2.05, 4.69) is 10.6 Å². The summed E-state index contributed by atoms with van der Waals surface area (Å²) >= 11 is 0. The van der Waals surface area contributed by atoms with Crippen molar-refractivity contribution in [1.29, 1.82) is 0 Å². The first-order chi connectivity index (χ1) is 17.7. The lowest BCUT2D eigenvalue weighted by Crippen LogP contribution is -2.52. The van der Waals surface area contributed by atoms with Crippen LogP contribution in [0.4, 0.5) is 0 Å². The molecule has 226 valence electrons. The average Bonchev–Trinajstić information content (AvgIpc) is 2.90. The molecule has 0 heterocycles. The fraction of sp³-hybridized carbons (Fsp3) is 0.909. The topological polar surface area (TPSA) is 293 Å². The molecule has 14 N–H and O–H groups in total. The van der Waals surface area contributed by atoms with Crippen LogP contribution >= 0.6 is 0 Å². The fourth-order valence-electron chi connectivity index (χ4n) is 3.24. The Hall–Kier alpha value is -1.54. The van der Waals surface area contributed by atoms with Gasteiger partial charge in [-0.15, -0.1) is 0 Å². The molecule has 0 aliphatic carbocycles. The first-order valence-corrected chi connectivity index (χ1v) is 12.3. The lowest BCUT2D eigenvalue weighted by Gasteiger charge is -2.27. The molecule has 0 radical (unpaired) electrons. The molecule has 0 rings (SSSR count). The van der Waals surface area contributed by atoms with E-state index in [0.717, 1.165) is 0 Å². The number of nitrogens with one attached hydrogen (secondary N) is 3. The molecule has 16 nitrogen and oxygen atoms in total. The molecule has 0 spiro atoms. The Morgan fingerprint density at radius 2 is 1.11 bits per heavy atom. The molecule has 11 atom stereocenters. The number of carbonyl (C=O) groups is 2. The minimum atomic E-state index is -1.94. The molecule has 0 unspecified atom stereocenters. The number of hydrogen-bond donors (Lipinski definition) is 14. The maximum Gasteiger partial charge on any atom is 0.222 e. The summed E-state index contributed by atoms with van der Waals surface area (Å²) in [5.74, 6) is -1.63. The van der Waals surface area contributed by atoms with Gasteiger partial charge in [-0.25, -0.2) is 0 Å². The number of hydrogen-bond acceptors (Lipinski definition) is 14. The number of rotatable bonds is 20. The number of aliphatic hydroxyl groups is 11. The summed E-state index contributed by atoms with van der Waals surface area (Å²) in [6.07, 6.45) is -15.1. The Morgan fingerprint density at radius 3 is 1.63 bits per heavy atom. The van der Waals surface area contributed by atoms with Crippen LogP contribution < -0.4 is 16.0 Å². The van der Waals surface area contributed by atoms with E-state index in [1.54, 1.807) is 13.8 Å². The van der Waals surface area contributed by atoms with E-state index in [1.165, 1.54) is 0 Å². The van der Waals surface area contributed by atoms with Crippen LogP contribution in [0, 0.1) is 5.92 Å². The second-order valence-corrected chi connectivity index (χ2v) is 9.41. The van der Waals surface area contributed by atoms with E-state index in [0.29, 0.717) is 0 Å². The van der Waals surface area contributed by atoms with Gasteiger partial charge in [-0.1, -0.05) is 6.92 Å². The summed E-state index contributed by atoms with van der Waals surface area (Å²) in [5, 5.41) is 112. The fourth-order valence-corrected chi connectivity index (χ4v) is 3.24. The molecular weight excluding hydrogens is 514 g/mol. The maximum atomic E-state index is 12.0. The van der Waals surface area contributed by atoms with Crippen molar-refractivity contribution in [3.05, 3.63) is 0 Å². The maximum absolute atomic E-state index is 12.0. The van der Waals surface area contributed by atoms with E-state index in [4.69, 9.17) is 10.2 Å². The van der Waals surface area contributed by atoms with E-state index in [9.17, 15) is 55.5 Å². The minimum absolute atomic E-state index is 0.0145. The van der Waals surface area contributed by atoms with Crippen molar-refractivity contribution in [2.45, 2.75) is 101 Å². The summed E-state index contributed by atoms with van der Waals surface area (Å²) in [5.41, 5.74) is 0. The highest BCUT2D eigenvalue weighted by atomic mass is 16.4. The van der Waals surface area contributed by atoms with Crippen LogP contribution in [-0.4, -0.2) is 149 Å². The quantitative estimate of drug-likeness (QED) is 0.0617.